The zero-order valence-corrected chi connectivity index (χ0v) is 16.7. The van der Waals surface area contributed by atoms with E-state index in [1.807, 2.05) is 0 Å². The second-order valence-corrected chi connectivity index (χ2v) is 8.41. The van der Waals surface area contributed by atoms with Crippen molar-refractivity contribution >= 4 is 17.3 Å². The van der Waals surface area contributed by atoms with Crippen molar-refractivity contribution in [2.24, 2.45) is 0 Å². The summed E-state index contributed by atoms with van der Waals surface area (Å²) in [6.45, 7) is 2.86. The van der Waals surface area contributed by atoms with Crippen LogP contribution < -0.4 is 14.9 Å². The maximum Gasteiger partial charge on any atom is 0.200 e. The lowest BCUT2D eigenvalue weighted by Gasteiger charge is -2.24. The summed E-state index contributed by atoms with van der Waals surface area (Å²) in [6, 6.07) is 1.61. The third-order valence-corrected chi connectivity index (χ3v) is 5.84. The van der Waals surface area contributed by atoms with Gasteiger partial charge in [-0.05, 0) is 39.5 Å². The second-order valence-electron chi connectivity index (χ2n) is 8.41. The van der Waals surface area contributed by atoms with Crippen LogP contribution in [0.4, 0.5) is 0 Å². The van der Waals surface area contributed by atoms with Crippen molar-refractivity contribution in [3.05, 3.63) is 33.2 Å². The van der Waals surface area contributed by atoms with Gasteiger partial charge < -0.3 is 28.9 Å². The molecule has 1 aromatic carbocycles. The zero-order chi connectivity index (χ0) is 20.8. The largest absolute Gasteiger partial charge is 0.489 e. The van der Waals surface area contributed by atoms with Gasteiger partial charge in [-0.1, -0.05) is 0 Å². The summed E-state index contributed by atoms with van der Waals surface area (Å²) in [7, 11) is 0. The van der Waals surface area contributed by atoms with Crippen molar-refractivity contribution in [2.75, 3.05) is 0 Å². The molecule has 2 heterocycles. The van der Waals surface area contributed by atoms with E-state index in [0.29, 0.717) is 24.2 Å². The van der Waals surface area contributed by atoms with Crippen LogP contribution in [0.1, 0.15) is 56.4 Å². The molecule has 0 amide bonds. The van der Waals surface area contributed by atoms with E-state index < -0.39 is 18.3 Å². The van der Waals surface area contributed by atoms with Gasteiger partial charge in [-0.2, -0.15) is 0 Å². The molecule has 1 atom stereocenters. The van der Waals surface area contributed by atoms with Crippen molar-refractivity contribution in [3.63, 3.8) is 0 Å². The van der Waals surface area contributed by atoms with Gasteiger partial charge in [-0.3, -0.25) is 4.79 Å². The zero-order valence-electron chi connectivity index (χ0n) is 16.7. The summed E-state index contributed by atoms with van der Waals surface area (Å²) in [5.41, 5.74) is -0.324. The van der Waals surface area contributed by atoms with Gasteiger partial charge >= 0.3 is 0 Å². The highest BCUT2D eigenvalue weighted by Gasteiger charge is 2.38. The molecule has 1 aromatic heterocycles. The molecule has 2 aliphatic rings. The van der Waals surface area contributed by atoms with Gasteiger partial charge in [0.25, 0.3) is 0 Å². The highest BCUT2D eigenvalue weighted by molar-refractivity contribution is 5.88. The Kier molecular flexibility index (Phi) is 5.12. The predicted octanol–water partition coefficient (Wildman–Crippen LogP) is 2.42. The Bertz CT molecular complexity index is 993. The number of rotatable bonds is 6. The van der Waals surface area contributed by atoms with E-state index in [-0.39, 0.29) is 40.2 Å². The lowest BCUT2D eigenvalue weighted by atomic mass is 9.95. The molecule has 0 saturated heterocycles. The molecule has 0 radical (unpaired) electrons. The molecule has 1 fully saturated rings. The Morgan fingerprint density at radius 3 is 2.66 bits per heavy atom. The molecule has 1 saturated carbocycles. The molecule has 156 valence electrons. The Morgan fingerprint density at radius 2 is 2.03 bits per heavy atom. The van der Waals surface area contributed by atoms with Gasteiger partial charge in [0.1, 0.15) is 47.2 Å². The van der Waals surface area contributed by atoms with Crippen LogP contribution in [0.2, 0.25) is 0 Å². The van der Waals surface area contributed by atoms with Crippen molar-refractivity contribution in [1.29, 1.82) is 0 Å². The summed E-state index contributed by atoms with van der Waals surface area (Å²) < 4.78 is 18.1. The van der Waals surface area contributed by atoms with E-state index in [1.165, 1.54) is 0 Å². The van der Waals surface area contributed by atoms with Gasteiger partial charge in [-0.15, -0.1) is 0 Å². The molecule has 1 aliphatic heterocycles. The monoisotopic (exact) mass is 402 g/mol. The minimum absolute atomic E-state index is 0.00248. The summed E-state index contributed by atoms with van der Waals surface area (Å²) in [5, 5.41) is 20.3. The third kappa shape index (κ3) is 3.53. The van der Waals surface area contributed by atoms with Crippen LogP contribution in [0.15, 0.2) is 15.3 Å². The third-order valence-electron chi connectivity index (χ3n) is 5.84. The topological polar surface area (TPSA) is 106 Å². The smallest absolute Gasteiger partial charge is 0.200 e. The van der Waals surface area contributed by atoms with Gasteiger partial charge in [0.2, 0.25) is 0 Å². The Morgan fingerprint density at radius 1 is 1.31 bits per heavy atom. The molecule has 1 aliphatic carbocycles. The molecule has 7 nitrogen and oxygen atoms in total. The normalized spacial score (nSPS) is 19.4. The first-order valence-electron chi connectivity index (χ1n) is 10.1. The number of carbonyl (C=O) groups excluding carboxylic acids is 1. The minimum Gasteiger partial charge on any atom is -0.489 e. The van der Waals surface area contributed by atoms with Gasteiger partial charge in [0.15, 0.2) is 5.43 Å². The standard InChI is InChI=1S/C22H26O7/c1-22(2,26)18-9-14-15(29-18)10-16-19(21(14)27-12-5-3-4-6-12)20(25)13(7-8-23)17(11-24)28-16/h8,10,12,18,24,26H,3-7,9,11H2,1-2H3/t18-/m0/s1. The van der Waals surface area contributed by atoms with Crippen LogP contribution >= 0.6 is 0 Å². The fourth-order valence-electron chi connectivity index (χ4n) is 4.21. The van der Waals surface area contributed by atoms with Crippen LogP contribution in [0.25, 0.3) is 11.0 Å². The first-order chi connectivity index (χ1) is 13.8. The number of benzene rings is 1. The van der Waals surface area contributed by atoms with Crippen LogP contribution in [-0.4, -0.2) is 34.3 Å². The summed E-state index contributed by atoms with van der Waals surface area (Å²) in [5.74, 6) is 0.993. The van der Waals surface area contributed by atoms with Crippen LogP contribution in [-0.2, 0) is 24.2 Å². The Balaban J connectivity index is 1.94. The predicted molar refractivity (Wildman–Crippen MR) is 105 cm³/mol. The molecule has 2 aromatic rings. The highest BCUT2D eigenvalue weighted by atomic mass is 16.5. The molecule has 7 heteroatoms. The number of aliphatic hydroxyl groups is 2. The van der Waals surface area contributed by atoms with Crippen molar-refractivity contribution in [1.82, 2.24) is 0 Å². The first kappa shape index (κ1) is 19.9. The molecule has 4 rings (SSSR count). The van der Waals surface area contributed by atoms with E-state index in [2.05, 4.69) is 0 Å². The van der Waals surface area contributed by atoms with E-state index in [1.54, 1.807) is 19.9 Å². The fraction of sp³-hybridized carbons (Fsp3) is 0.545. The van der Waals surface area contributed by atoms with Crippen molar-refractivity contribution in [3.8, 4) is 11.5 Å². The van der Waals surface area contributed by atoms with E-state index in [4.69, 9.17) is 13.9 Å². The molecular formula is C22H26O7. The molecule has 2 N–H and O–H groups in total. The number of ether oxygens (including phenoxy) is 2. The molecule has 29 heavy (non-hydrogen) atoms. The van der Waals surface area contributed by atoms with Crippen LogP contribution in [0.3, 0.4) is 0 Å². The number of carbonyl (C=O) groups is 1. The maximum absolute atomic E-state index is 13.3. The molecule has 0 spiro atoms. The summed E-state index contributed by atoms with van der Waals surface area (Å²) in [4.78, 5) is 24.4. The average Bonchev–Trinajstić information content (AvgIpc) is 3.32. The number of fused-ring (bicyclic) bond motifs is 2. The highest BCUT2D eigenvalue weighted by Crippen LogP contribution is 2.44. The first-order valence-corrected chi connectivity index (χ1v) is 10.1. The lowest BCUT2D eigenvalue weighted by Crippen LogP contribution is -2.39. The molecular weight excluding hydrogens is 376 g/mol. The fourth-order valence-corrected chi connectivity index (χ4v) is 4.21. The number of aldehydes is 1. The molecule has 0 bridgehead atoms. The van der Waals surface area contributed by atoms with Crippen LogP contribution in [0.5, 0.6) is 11.5 Å². The number of aliphatic hydroxyl groups excluding tert-OH is 1. The van der Waals surface area contributed by atoms with E-state index >= 15 is 0 Å². The van der Waals surface area contributed by atoms with Gasteiger partial charge in [0.05, 0.1) is 11.7 Å². The number of hydrogen-bond acceptors (Lipinski definition) is 7. The van der Waals surface area contributed by atoms with E-state index in [9.17, 15) is 19.8 Å². The molecule has 0 unspecified atom stereocenters. The maximum atomic E-state index is 13.3. The summed E-state index contributed by atoms with van der Waals surface area (Å²) >= 11 is 0. The van der Waals surface area contributed by atoms with Gasteiger partial charge in [-0.25, -0.2) is 0 Å². The van der Waals surface area contributed by atoms with Crippen molar-refractivity contribution < 1.29 is 28.9 Å². The Hall–Kier alpha value is -2.38. The lowest BCUT2D eigenvalue weighted by molar-refractivity contribution is -0.107. The SMILES string of the molecule is CC(C)(O)[C@@H]1Cc2c(cc3oc(CO)c(CC=O)c(=O)c3c2OC2CCCC2)O1. The van der Waals surface area contributed by atoms with Crippen molar-refractivity contribution in [2.45, 2.75) is 76.8 Å². The summed E-state index contributed by atoms with van der Waals surface area (Å²) in [6.07, 6.45) is 4.34. The second kappa shape index (κ2) is 7.46. The average molecular weight is 402 g/mol. The van der Waals surface area contributed by atoms with Crippen LogP contribution in [0, 0.1) is 0 Å². The minimum atomic E-state index is -1.08. The van der Waals surface area contributed by atoms with E-state index in [0.717, 1.165) is 31.2 Å². The van der Waals surface area contributed by atoms with Gasteiger partial charge in [0, 0.05) is 30.0 Å². The Labute approximate surface area is 168 Å². The number of hydrogen-bond donors (Lipinski definition) is 2. The quantitative estimate of drug-likeness (QED) is 0.715.